The standard InChI is InChI=1S/C8H12BNO3.Ca.H2N/c1-2-3-4-10(6-8(12)13)7(11)5-9;;/h4H,1-3,5-6H2,(H,12,13);;1H2/q-2;+2;-1. The summed E-state index contributed by atoms with van der Waals surface area (Å²) in [5, 5.41) is 8.46. The Labute approximate surface area is 122 Å². The number of carbonyl (C=O) groups excluding carboxylic acids is 1. The van der Waals surface area contributed by atoms with Gasteiger partial charge in [0.15, 0.2) is 5.91 Å². The van der Waals surface area contributed by atoms with Crippen LogP contribution in [0.15, 0.2) is 0 Å². The number of amides is 1. The molecule has 0 bridgehead atoms. The normalized spacial score (nSPS) is 8.33. The third-order valence-corrected chi connectivity index (χ3v) is 1.35. The van der Waals surface area contributed by atoms with E-state index in [1.807, 2.05) is 0 Å². The number of carbonyl (C=O) groups is 2. The zero-order valence-corrected chi connectivity index (χ0v) is 10.9. The maximum absolute atomic E-state index is 11.0. The molecule has 7 heteroatoms. The number of carboxylic acids is 1. The van der Waals surface area contributed by atoms with Gasteiger partial charge in [-0.15, -0.1) is 0 Å². The predicted molar refractivity (Wildman–Crippen MR) is 59.8 cm³/mol. The Morgan fingerprint density at radius 2 is 2.00 bits per heavy atom. The number of hydrogen-bond acceptors (Lipinski definition) is 2. The van der Waals surface area contributed by atoms with Gasteiger partial charge >= 0.3 is 43.7 Å². The number of hydrogen-bond donors (Lipinski definition) is 1. The van der Waals surface area contributed by atoms with Crippen molar-refractivity contribution in [2.75, 3.05) is 6.54 Å². The SMILES string of the molecule is [B]CC(=O)N([CH-]CC[CH2-])CC(=O)O.[Ca+2].[NH2-]. The van der Waals surface area contributed by atoms with Gasteiger partial charge in [-0.05, 0) is 6.32 Å². The van der Waals surface area contributed by atoms with Crippen LogP contribution in [0, 0.1) is 13.5 Å². The van der Waals surface area contributed by atoms with Gasteiger partial charge in [-0.25, -0.2) is 13.0 Å². The summed E-state index contributed by atoms with van der Waals surface area (Å²) in [6, 6.07) is 0. The Balaban J connectivity index is -0.000000720. The minimum atomic E-state index is -1.05. The monoisotopic (exact) mass is 237 g/mol. The van der Waals surface area contributed by atoms with Crippen LogP contribution >= 0.6 is 0 Å². The van der Waals surface area contributed by atoms with Gasteiger partial charge in [-0.3, -0.25) is 9.59 Å². The summed E-state index contributed by atoms with van der Waals surface area (Å²) >= 11 is 0. The number of carboxylic acid groups (broad SMARTS) is 1. The van der Waals surface area contributed by atoms with Crippen molar-refractivity contribution >= 4 is 57.5 Å². The molecule has 0 rings (SSSR count). The van der Waals surface area contributed by atoms with E-state index in [9.17, 15) is 9.59 Å². The maximum atomic E-state index is 11.0. The Kier molecular flexibility index (Phi) is 16.9. The predicted octanol–water partition coefficient (Wildman–Crippen LogP) is 0.599. The summed E-state index contributed by atoms with van der Waals surface area (Å²) in [5.74, 6) is -1.45. The van der Waals surface area contributed by atoms with E-state index in [2.05, 4.69) is 6.92 Å². The summed E-state index contributed by atoms with van der Waals surface area (Å²) in [6.45, 7) is 4.75. The van der Waals surface area contributed by atoms with Gasteiger partial charge in [0.25, 0.3) is 0 Å². The van der Waals surface area contributed by atoms with E-state index < -0.39 is 11.9 Å². The van der Waals surface area contributed by atoms with E-state index in [0.717, 1.165) is 4.90 Å². The van der Waals surface area contributed by atoms with Crippen LogP contribution in [0.5, 0.6) is 0 Å². The second kappa shape index (κ2) is 12.3. The first-order chi connectivity index (χ1) is 6.11. The van der Waals surface area contributed by atoms with Crippen LogP contribution in [0.1, 0.15) is 12.8 Å². The number of unbranched alkanes of at least 4 members (excludes halogenated alkanes) is 1. The summed E-state index contributed by atoms with van der Waals surface area (Å²) in [5.41, 5.74) is 0. The first-order valence-corrected chi connectivity index (χ1v) is 3.95. The number of rotatable bonds is 6. The minimum absolute atomic E-state index is 0. The van der Waals surface area contributed by atoms with Crippen molar-refractivity contribution in [3.05, 3.63) is 19.6 Å². The molecule has 0 aliphatic heterocycles. The number of nitrogens with zero attached hydrogens (tertiary/aromatic N) is 1. The Bertz CT molecular complexity index is 193. The molecule has 0 aliphatic carbocycles. The fraction of sp³-hybridized carbons (Fsp3) is 0.500. The van der Waals surface area contributed by atoms with Crippen molar-refractivity contribution in [3.8, 4) is 0 Å². The van der Waals surface area contributed by atoms with Gasteiger partial charge < -0.3 is 23.1 Å². The van der Waals surface area contributed by atoms with E-state index in [1.165, 1.54) is 6.54 Å². The topological polar surface area (TPSA) is 91.1 Å². The fourth-order valence-corrected chi connectivity index (χ4v) is 0.765. The van der Waals surface area contributed by atoms with Gasteiger partial charge in [0.2, 0.25) is 0 Å². The van der Waals surface area contributed by atoms with E-state index >= 15 is 0 Å². The largest absolute Gasteiger partial charge is 2.00 e. The van der Waals surface area contributed by atoms with Crippen molar-refractivity contribution < 1.29 is 14.7 Å². The van der Waals surface area contributed by atoms with E-state index in [1.54, 1.807) is 0 Å². The third-order valence-electron chi connectivity index (χ3n) is 1.35. The molecule has 5 nitrogen and oxygen atoms in total. The minimum Gasteiger partial charge on any atom is -0.693 e. The zero-order chi connectivity index (χ0) is 10.3. The summed E-state index contributed by atoms with van der Waals surface area (Å²) in [4.78, 5) is 22.5. The molecule has 0 unspecified atom stereocenters. The van der Waals surface area contributed by atoms with Crippen LogP contribution in [0.2, 0.25) is 6.32 Å². The summed E-state index contributed by atoms with van der Waals surface area (Å²) in [6.07, 6.45) is 1.01. The molecule has 0 aromatic heterocycles. The van der Waals surface area contributed by atoms with Crippen LogP contribution in [-0.2, 0) is 9.59 Å². The molecular weight excluding hydrogens is 223 g/mol. The van der Waals surface area contributed by atoms with Crippen molar-refractivity contribution in [1.82, 2.24) is 4.90 Å². The van der Waals surface area contributed by atoms with Gasteiger partial charge in [0.05, 0.1) is 14.4 Å². The first kappa shape index (κ1) is 20.6. The van der Waals surface area contributed by atoms with Crippen molar-refractivity contribution in [1.29, 1.82) is 0 Å². The average Bonchev–Trinajstić information content (AvgIpc) is 2.10. The Morgan fingerprint density at radius 3 is 2.33 bits per heavy atom. The molecule has 0 atom stereocenters. The van der Waals surface area contributed by atoms with Crippen LogP contribution in [0.25, 0.3) is 6.15 Å². The molecule has 0 heterocycles. The second-order valence-electron chi connectivity index (χ2n) is 2.44. The Morgan fingerprint density at radius 1 is 1.47 bits per heavy atom. The molecule has 0 saturated heterocycles. The average molecular weight is 237 g/mol. The van der Waals surface area contributed by atoms with Crippen molar-refractivity contribution in [2.24, 2.45) is 0 Å². The zero-order valence-electron chi connectivity index (χ0n) is 8.69. The van der Waals surface area contributed by atoms with Gasteiger partial charge in [-0.2, -0.15) is 6.42 Å². The van der Waals surface area contributed by atoms with E-state index in [4.69, 9.17) is 13.0 Å². The molecule has 15 heavy (non-hydrogen) atoms. The van der Waals surface area contributed by atoms with Crippen molar-refractivity contribution in [2.45, 2.75) is 19.2 Å². The molecule has 3 N–H and O–H groups in total. The van der Waals surface area contributed by atoms with Crippen molar-refractivity contribution in [3.63, 3.8) is 0 Å². The summed E-state index contributed by atoms with van der Waals surface area (Å²) in [7, 11) is 5.10. The van der Waals surface area contributed by atoms with E-state index in [-0.39, 0.29) is 56.8 Å². The molecule has 0 saturated carbocycles. The maximum Gasteiger partial charge on any atom is 2.00 e. The van der Waals surface area contributed by atoms with Gasteiger partial charge in [0, 0.05) is 0 Å². The number of nitrogens with two attached hydrogens (primary N) is 1. The van der Waals surface area contributed by atoms with Crippen LogP contribution in [0.4, 0.5) is 0 Å². The van der Waals surface area contributed by atoms with Gasteiger partial charge in [0.1, 0.15) is 0 Å². The molecular formula is C8H14BCaN2O3-. The number of aliphatic carboxylic acids is 1. The quantitative estimate of drug-likeness (QED) is 0.541. The first-order valence-electron chi connectivity index (χ1n) is 3.95. The molecule has 1 amide bonds. The van der Waals surface area contributed by atoms with Gasteiger partial charge in [-0.1, -0.05) is 0 Å². The smallest absolute Gasteiger partial charge is 0.693 e. The molecule has 0 aromatic rings. The molecule has 2 radical (unpaired) electrons. The Hall–Kier alpha value is 0.225. The van der Waals surface area contributed by atoms with Crippen LogP contribution < -0.4 is 0 Å². The van der Waals surface area contributed by atoms with Crippen LogP contribution in [0.3, 0.4) is 0 Å². The molecule has 0 aromatic carbocycles. The second-order valence-corrected chi connectivity index (χ2v) is 2.44. The summed E-state index contributed by atoms with van der Waals surface area (Å²) < 4.78 is 0. The third kappa shape index (κ3) is 10.5. The molecule has 0 fully saturated rings. The van der Waals surface area contributed by atoms with E-state index in [0.29, 0.717) is 12.8 Å². The molecule has 0 spiro atoms. The fourth-order valence-electron chi connectivity index (χ4n) is 0.765. The molecule has 80 valence electrons. The molecule has 0 aliphatic rings. The van der Waals surface area contributed by atoms with Crippen LogP contribution in [-0.4, -0.2) is 74.0 Å².